The molecule has 0 saturated carbocycles. The molecule has 144 valence electrons. The number of nitrogens with zero attached hydrogens (tertiary/aromatic N) is 3. The van der Waals surface area contributed by atoms with Crippen molar-refractivity contribution in [1.82, 2.24) is 14.8 Å². The van der Waals surface area contributed by atoms with Crippen molar-refractivity contribution in [2.45, 2.75) is 25.9 Å². The van der Waals surface area contributed by atoms with E-state index in [9.17, 15) is 9.59 Å². The number of fused-ring (bicyclic) bond motifs is 1. The summed E-state index contributed by atoms with van der Waals surface area (Å²) in [7, 11) is 1.83. The predicted octanol–water partition coefficient (Wildman–Crippen LogP) is 2.65. The van der Waals surface area contributed by atoms with Crippen LogP contribution in [0.4, 0.5) is 11.4 Å². The minimum atomic E-state index is -0.419. The maximum atomic E-state index is 12.6. The van der Waals surface area contributed by atoms with Crippen molar-refractivity contribution in [3.05, 3.63) is 47.8 Å². The molecule has 1 fully saturated rings. The zero-order valence-corrected chi connectivity index (χ0v) is 15.7. The molecule has 0 spiro atoms. The smallest absolute Gasteiger partial charge is 0.255 e. The number of nitrogens with one attached hydrogen (secondary N) is 2. The SMILES string of the molecule is Cc1nn(C)c2ncc(NC(=O)c3cccc(NC(=O)[C@H]4CCCO4)c3)cc12. The second kappa shape index (κ2) is 7.40. The van der Waals surface area contributed by atoms with E-state index >= 15 is 0 Å². The van der Waals surface area contributed by atoms with Gasteiger partial charge in [0.2, 0.25) is 0 Å². The second-order valence-electron chi connectivity index (χ2n) is 6.83. The second-order valence-corrected chi connectivity index (χ2v) is 6.83. The Balaban J connectivity index is 1.49. The van der Waals surface area contributed by atoms with Crippen LogP contribution in [-0.4, -0.2) is 39.3 Å². The molecule has 2 N–H and O–H groups in total. The Kier molecular flexibility index (Phi) is 4.79. The number of ether oxygens (including phenoxy) is 1. The Morgan fingerprint density at radius 3 is 2.86 bits per heavy atom. The summed E-state index contributed by atoms with van der Waals surface area (Å²) in [5.74, 6) is -0.465. The van der Waals surface area contributed by atoms with Gasteiger partial charge >= 0.3 is 0 Å². The van der Waals surface area contributed by atoms with Gasteiger partial charge in [-0.2, -0.15) is 5.10 Å². The van der Waals surface area contributed by atoms with E-state index in [1.165, 1.54) is 0 Å². The highest BCUT2D eigenvalue weighted by Gasteiger charge is 2.23. The van der Waals surface area contributed by atoms with E-state index < -0.39 is 6.10 Å². The number of rotatable bonds is 4. The van der Waals surface area contributed by atoms with Gasteiger partial charge < -0.3 is 15.4 Å². The highest BCUT2D eigenvalue weighted by atomic mass is 16.5. The van der Waals surface area contributed by atoms with Crippen LogP contribution in [0.25, 0.3) is 11.0 Å². The molecule has 1 atom stereocenters. The van der Waals surface area contributed by atoms with E-state index in [-0.39, 0.29) is 11.8 Å². The number of benzene rings is 1. The first-order chi connectivity index (χ1) is 13.5. The lowest BCUT2D eigenvalue weighted by Crippen LogP contribution is -2.27. The van der Waals surface area contributed by atoms with E-state index in [1.807, 2.05) is 20.0 Å². The van der Waals surface area contributed by atoms with Gasteiger partial charge in [0, 0.05) is 30.3 Å². The molecule has 2 aromatic heterocycles. The summed E-state index contributed by atoms with van der Waals surface area (Å²) in [5, 5.41) is 10.9. The Morgan fingerprint density at radius 2 is 2.07 bits per heavy atom. The number of hydrogen-bond acceptors (Lipinski definition) is 5. The van der Waals surface area contributed by atoms with Crippen LogP contribution in [-0.2, 0) is 16.6 Å². The summed E-state index contributed by atoms with van der Waals surface area (Å²) in [4.78, 5) is 29.2. The first-order valence-electron chi connectivity index (χ1n) is 9.14. The summed E-state index contributed by atoms with van der Waals surface area (Å²) in [6, 6.07) is 8.66. The first kappa shape index (κ1) is 18.1. The summed E-state index contributed by atoms with van der Waals surface area (Å²) in [6.45, 7) is 2.51. The summed E-state index contributed by atoms with van der Waals surface area (Å²) in [5.41, 5.74) is 3.19. The maximum absolute atomic E-state index is 12.6. The minimum Gasteiger partial charge on any atom is -0.368 e. The molecule has 8 nitrogen and oxygen atoms in total. The lowest BCUT2D eigenvalue weighted by Gasteiger charge is -2.11. The average molecular weight is 379 g/mol. The van der Waals surface area contributed by atoms with Gasteiger partial charge in [0.05, 0.1) is 17.6 Å². The summed E-state index contributed by atoms with van der Waals surface area (Å²) in [6.07, 6.45) is 2.78. The van der Waals surface area contributed by atoms with Crippen LogP contribution in [0.1, 0.15) is 28.9 Å². The number of carbonyl (C=O) groups is 2. The van der Waals surface area contributed by atoms with Crippen LogP contribution in [0.15, 0.2) is 36.5 Å². The van der Waals surface area contributed by atoms with Crippen molar-refractivity contribution in [3.8, 4) is 0 Å². The fraction of sp³-hybridized carbons (Fsp3) is 0.300. The van der Waals surface area contributed by atoms with Crippen LogP contribution in [0.3, 0.4) is 0 Å². The largest absolute Gasteiger partial charge is 0.368 e. The van der Waals surface area contributed by atoms with Crippen LogP contribution in [0.2, 0.25) is 0 Å². The predicted molar refractivity (Wildman–Crippen MR) is 105 cm³/mol. The van der Waals surface area contributed by atoms with Gasteiger partial charge in [-0.1, -0.05) is 6.07 Å². The number of anilines is 2. The zero-order chi connectivity index (χ0) is 19.7. The third kappa shape index (κ3) is 3.59. The van der Waals surface area contributed by atoms with E-state index in [0.717, 1.165) is 29.6 Å². The number of pyridine rings is 1. The number of carbonyl (C=O) groups excluding carboxylic acids is 2. The maximum Gasteiger partial charge on any atom is 0.255 e. The molecule has 1 aromatic carbocycles. The first-order valence-corrected chi connectivity index (χ1v) is 9.14. The fourth-order valence-corrected chi connectivity index (χ4v) is 3.32. The normalized spacial score (nSPS) is 16.3. The van der Waals surface area contributed by atoms with E-state index in [0.29, 0.717) is 23.5 Å². The van der Waals surface area contributed by atoms with Crippen molar-refractivity contribution in [1.29, 1.82) is 0 Å². The molecule has 0 radical (unpaired) electrons. The third-order valence-corrected chi connectivity index (χ3v) is 4.74. The standard InChI is InChI=1S/C20H21N5O3/c1-12-16-10-15(11-21-18(16)25(2)24-12)23-19(26)13-5-3-6-14(9-13)22-20(27)17-7-4-8-28-17/h3,5-6,9-11,17H,4,7-8H2,1-2H3,(H,22,27)(H,23,26)/t17-/m1/s1. The molecular weight excluding hydrogens is 358 g/mol. The minimum absolute atomic E-state index is 0.184. The average Bonchev–Trinajstić information content (AvgIpc) is 3.31. The number of aromatic nitrogens is 3. The van der Waals surface area contributed by atoms with Gasteiger partial charge in [-0.25, -0.2) is 4.98 Å². The topological polar surface area (TPSA) is 98.1 Å². The molecule has 4 rings (SSSR count). The molecule has 0 bridgehead atoms. The van der Waals surface area contributed by atoms with Crippen molar-refractivity contribution < 1.29 is 14.3 Å². The van der Waals surface area contributed by atoms with Crippen molar-refractivity contribution in [2.24, 2.45) is 7.05 Å². The van der Waals surface area contributed by atoms with Crippen molar-refractivity contribution >= 4 is 34.2 Å². The summed E-state index contributed by atoms with van der Waals surface area (Å²) >= 11 is 0. The van der Waals surface area contributed by atoms with E-state index in [2.05, 4.69) is 20.7 Å². The van der Waals surface area contributed by atoms with Crippen molar-refractivity contribution in [2.75, 3.05) is 17.2 Å². The van der Waals surface area contributed by atoms with Gasteiger partial charge in [-0.3, -0.25) is 14.3 Å². The fourth-order valence-electron chi connectivity index (χ4n) is 3.32. The lowest BCUT2D eigenvalue weighted by atomic mass is 10.1. The monoisotopic (exact) mass is 379 g/mol. The highest BCUT2D eigenvalue weighted by Crippen LogP contribution is 2.21. The van der Waals surface area contributed by atoms with Crippen LogP contribution in [0.5, 0.6) is 0 Å². The van der Waals surface area contributed by atoms with Gasteiger partial charge in [0.25, 0.3) is 11.8 Å². The van der Waals surface area contributed by atoms with Crippen LogP contribution >= 0.6 is 0 Å². The quantitative estimate of drug-likeness (QED) is 0.726. The molecule has 2 amide bonds. The Hall–Kier alpha value is -3.26. The number of aryl methyl sites for hydroxylation is 2. The molecule has 8 heteroatoms. The van der Waals surface area contributed by atoms with Crippen LogP contribution in [0, 0.1) is 6.92 Å². The van der Waals surface area contributed by atoms with E-state index in [4.69, 9.17) is 4.74 Å². The highest BCUT2D eigenvalue weighted by molar-refractivity contribution is 6.06. The third-order valence-electron chi connectivity index (χ3n) is 4.74. The summed E-state index contributed by atoms with van der Waals surface area (Å²) < 4.78 is 7.09. The lowest BCUT2D eigenvalue weighted by molar-refractivity contribution is -0.124. The molecular formula is C20H21N5O3. The van der Waals surface area contributed by atoms with E-state index in [1.54, 1.807) is 35.1 Å². The molecule has 1 saturated heterocycles. The van der Waals surface area contributed by atoms with Gasteiger partial charge in [0.1, 0.15) is 6.10 Å². The number of amides is 2. The molecule has 3 aromatic rings. The molecule has 28 heavy (non-hydrogen) atoms. The van der Waals surface area contributed by atoms with Gasteiger partial charge in [-0.15, -0.1) is 0 Å². The molecule has 0 aliphatic carbocycles. The van der Waals surface area contributed by atoms with Gasteiger partial charge in [-0.05, 0) is 44.0 Å². The Bertz CT molecular complexity index is 1050. The molecule has 1 aliphatic heterocycles. The van der Waals surface area contributed by atoms with Crippen molar-refractivity contribution in [3.63, 3.8) is 0 Å². The molecule has 3 heterocycles. The van der Waals surface area contributed by atoms with Crippen LogP contribution < -0.4 is 10.6 Å². The zero-order valence-electron chi connectivity index (χ0n) is 15.7. The molecule has 1 aliphatic rings. The Morgan fingerprint density at radius 1 is 1.21 bits per heavy atom. The van der Waals surface area contributed by atoms with Gasteiger partial charge in [0.15, 0.2) is 5.65 Å². The Labute approximate surface area is 161 Å². The molecule has 0 unspecified atom stereocenters. The number of hydrogen-bond donors (Lipinski definition) is 2.